The third kappa shape index (κ3) is 5.22. The number of nitrogens with one attached hydrogen (secondary N) is 1. The predicted octanol–water partition coefficient (Wildman–Crippen LogP) is 5.02. The maximum Gasteiger partial charge on any atom is 0.244 e. The van der Waals surface area contributed by atoms with Gasteiger partial charge in [0.25, 0.3) is 0 Å². The van der Waals surface area contributed by atoms with E-state index in [1.165, 1.54) is 4.90 Å². The van der Waals surface area contributed by atoms with Crippen molar-refractivity contribution in [1.29, 1.82) is 0 Å². The predicted molar refractivity (Wildman–Crippen MR) is 115 cm³/mol. The van der Waals surface area contributed by atoms with Gasteiger partial charge in [0.2, 0.25) is 11.8 Å². The van der Waals surface area contributed by atoms with Gasteiger partial charge >= 0.3 is 0 Å². The number of likely N-dealkylation sites (N-methyl/N-ethyl adjacent to an activating group) is 1. The van der Waals surface area contributed by atoms with Crippen LogP contribution in [0.3, 0.4) is 0 Å². The lowest BCUT2D eigenvalue weighted by Crippen LogP contribution is -2.34. The first kappa shape index (κ1) is 20.6. The van der Waals surface area contributed by atoms with E-state index in [-0.39, 0.29) is 18.4 Å². The normalized spacial score (nSPS) is 10.8. The zero-order valence-electron chi connectivity index (χ0n) is 15.2. The number of carbonyl (C=O) groups excluding carboxylic acids is 2. The van der Waals surface area contributed by atoms with Crippen LogP contribution in [0, 0.1) is 0 Å². The molecule has 8 heteroatoms. The highest BCUT2D eigenvalue weighted by Gasteiger charge is 2.15. The minimum atomic E-state index is -0.350. The minimum Gasteiger partial charge on any atom is -0.336 e. The Bertz CT molecular complexity index is 953. The third-order valence-corrected chi connectivity index (χ3v) is 5.88. The lowest BCUT2D eigenvalue weighted by atomic mass is 10.2. The summed E-state index contributed by atoms with van der Waals surface area (Å²) in [4.78, 5) is 30.5. The van der Waals surface area contributed by atoms with Crippen molar-refractivity contribution < 1.29 is 9.59 Å². The Kier molecular flexibility index (Phi) is 6.88. The van der Waals surface area contributed by atoms with Gasteiger partial charge in [0, 0.05) is 13.5 Å². The first-order valence-electron chi connectivity index (χ1n) is 8.76. The van der Waals surface area contributed by atoms with Gasteiger partial charge in [0.15, 0.2) is 0 Å². The van der Waals surface area contributed by atoms with Crippen LogP contribution in [-0.4, -0.2) is 35.3 Å². The topological polar surface area (TPSA) is 62.3 Å². The molecular weight excluding hydrogens is 417 g/mol. The number of carbonyl (C=O) groups is 2. The van der Waals surface area contributed by atoms with E-state index in [1.807, 2.05) is 24.3 Å². The van der Waals surface area contributed by atoms with Crippen molar-refractivity contribution in [2.45, 2.75) is 19.3 Å². The maximum absolute atomic E-state index is 12.3. The number of aryl methyl sites for hydroxylation is 1. The molecule has 146 valence electrons. The summed E-state index contributed by atoms with van der Waals surface area (Å²) >= 11 is 13.7. The van der Waals surface area contributed by atoms with Gasteiger partial charge in [0.05, 0.1) is 37.5 Å². The highest BCUT2D eigenvalue weighted by atomic mass is 35.5. The second-order valence-electron chi connectivity index (χ2n) is 6.32. The highest BCUT2D eigenvalue weighted by Crippen LogP contribution is 2.29. The van der Waals surface area contributed by atoms with E-state index in [4.69, 9.17) is 23.2 Å². The van der Waals surface area contributed by atoms with Gasteiger partial charge in [-0.3, -0.25) is 9.59 Å². The van der Waals surface area contributed by atoms with Gasteiger partial charge < -0.3 is 10.2 Å². The summed E-state index contributed by atoms with van der Waals surface area (Å²) in [5.41, 5.74) is 1.34. The summed E-state index contributed by atoms with van der Waals surface area (Å²) in [6, 6.07) is 13.0. The second kappa shape index (κ2) is 9.37. The number of hydrogen-bond donors (Lipinski definition) is 1. The molecule has 28 heavy (non-hydrogen) atoms. The van der Waals surface area contributed by atoms with E-state index in [2.05, 4.69) is 10.3 Å². The second-order valence-corrected chi connectivity index (χ2v) is 8.25. The van der Waals surface area contributed by atoms with E-state index in [0.29, 0.717) is 28.6 Å². The number of benzene rings is 2. The number of aromatic nitrogens is 1. The molecule has 1 aromatic heterocycles. The molecule has 0 unspecified atom stereocenters. The zero-order chi connectivity index (χ0) is 20.1. The van der Waals surface area contributed by atoms with Crippen molar-refractivity contribution >= 4 is 62.3 Å². The Balaban J connectivity index is 1.46. The molecule has 0 atom stereocenters. The lowest BCUT2D eigenvalue weighted by molar-refractivity contribution is -0.133. The Hall–Kier alpha value is -2.15. The molecule has 1 N–H and O–H groups in total. The zero-order valence-corrected chi connectivity index (χ0v) is 17.6. The first-order valence-corrected chi connectivity index (χ1v) is 10.3. The summed E-state index contributed by atoms with van der Waals surface area (Å²) in [6.07, 6.45) is 1.77. The smallest absolute Gasteiger partial charge is 0.244 e. The number of thiazole rings is 1. The van der Waals surface area contributed by atoms with Gasteiger partial charge in [0.1, 0.15) is 0 Å². The van der Waals surface area contributed by atoms with Crippen molar-refractivity contribution in [3.05, 3.63) is 57.5 Å². The van der Waals surface area contributed by atoms with Crippen LogP contribution in [0.25, 0.3) is 10.2 Å². The number of para-hydroxylation sites is 2. The maximum atomic E-state index is 12.3. The van der Waals surface area contributed by atoms with Crippen molar-refractivity contribution in [2.24, 2.45) is 0 Å². The molecule has 0 fully saturated rings. The lowest BCUT2D eigenvalue weighted by Gasteiger charge is -2.17. The van der Waals surface area contributed by atoms with Crippen LogP contribution in [0.1, 0.15) is 17.8 Å². The van der Waals surface area contributed by atoms with E-state index >= 15 is 0 Å². The van der Waals surface area contributed by atoms with Crippen LogP contribution in [0.2, 0.25) is 10.0 Å². The molecule has 5 nitrogen and oxygen atoms in total. The summed E-state index contributed by atoms with van der Waals surface area (Å²) in [6.45, 7) is -0.0679. The van der Waals surface area contributed by atoms with Gasteiger partial charge in [-0.2, -0.15) is 0 Å². The number of hydrogen-bond acceptors (Lipinski definition) is 4. The molecule has 0 saturated heterocycles. The Morgan fingerprint density at radius 1 is 1.11 bits per heavy atom. The number of anilines is 1. The Labute approximate surface area is 177 Å². The molecule has 0 saturated carbocycles. The summed E-state index contributed by atoms with van der Waals surface area (Å²) in [7, 11) is 1.60. The molecule has 2 amide bonds. The van der Waals surface area contributed by atoms with Gasteiger partial charge in [-0.15, -0.1) is 11.3 Å². The number of amides is 2. The average molecular weight is 436 g/mol. The Morgan fingerprint density at radius 3 is 2.54 bits per heavy atom. The molecular formula is C20H19Cl2N3O2S. The highest BCUT2D eigenvalue weighted by molar-refractivity contribution is 7.18. The number of halogens is 2. The molecule has 3 aromatic rings. The molecule has 0 radical (unpaired) electrons. The van der Waals surface area contributed by atoms with Crippen LogP contribution in [0.4, 0.5) is 5.69 Å². The first-order chi connectivity index (χ1) is 13.4. The van der Waals surface area contributed by atoms with Crippen LogP contribution >= 0.6 is 34.5 Å². The molecule has 2 aromatic carbocycles. The fourth-order valence-electron chi connectivity index (χ4n) is 2.71. The fourth-order valence-corrected chi connectivity index (χ4v) is 4.21. The van der Waals surface area contributed by atoms with Gasteiger partial charge in [-0.1, -0.05) is 41.4 Å². The quantitative estimate of drug-likeness (QED) is 0.566. The summed E-state index contributed by atoms with van der Waals surface area (Å²) < 4.78 is 1.15. The molecule has 0 aliphatic rings. The van der Waals surface area contributed by atoms with Gasteiger partial charge in [-0.05, 0) is 37.1 Å². The number of rotatable bonds is 7. The van der Waals surface area contributed by atoms with Crippen LogP contribution in [0.5, 0.6) is 0 Å². The van der Waals surface area contributed by atoms with Crippen molar-refractivity contribution in [3.8, 4) is 0 Å². The summed E-state index contributed by atoms with van der Waals surface area (Å²) in [5, 5.41) is 4.38. The molecule has 0 aliphatic heterocycles. The van der Waals surface area contributed by atoms with Crippen molar-refractivity contribution in [3.63, 3.8) is 0 Å². The molecule has 0 bridgehead atoms. The largest absolute Gasteiger partial charge is 0.336 e. The Morgan fingerprint density at radius 2 is 1.82 bits per heavy atom. The fraction of sp³-hybridized carbons (Fsp3) is 0.250. The van der Waals surface area contributed by atoms with Crippen molar-refractivity contribution in [1.82, 2.24) is 9.88 Å². The van der Waals surface area contributed by atoms with E-state index in [0.717, 1.165) is 21.6 Å². The third-order valence-electron chi connectivity index (χ3n) is 4.15. The van der Waals surface area contributed by atoms with E-state index < -0.39 is 0 Å². The van der Waals surface area contributed by atoms with E-state index in [9.17, 15) is 9.59 Å². The van der Waals surface area contributed by atoms with Gasteiger partial charge in [-0.25, -0.2) is 4.98 Å². The van der Waals surface area contributed by atoms with Crippen LogP contribution in [-0.2, 0) is 16.0 Å². The minimum absolute atomic E-state index is 0.0679. The average Bonchev–Trinajstić information content (AvgIpc) is 3.07. The van der Waals surface area contributed by atoms with E-state index in [1.54, 1.807) is 36.6 Å². The van der Waals surface area contributed by atoms with Crippen molar-refractivity contribution in [2.75, 3.05) is 18.9 Å². The number of nitrogens with zero attached hydrogens (tertiary/aromatic N) is 2. The summed E-state index contributed by atoms with van der Waals surface area (Å²) in [5.74, 6) is -0.446. The standard InChI is InChI=1S/C20H19Cl2N3O2S/c1-25(12-17(26)24-20-13(21)6-4-7-14(20)22)19(27)11-5-10-18-23-15-8-2-3-9-16(15)28-18/h2-4,6-9H,5,10-12H2,1H3,(H,24,26). The van der Waals surface area contributed by atoms with Crippen LogP contribution in [0.15, 0.2) is 42.5 Å². The molecule has 0 aliphatic carbocycles. The SMILES string of the molecule is CN(CC(=O)Nc1c(Cl)cccc1Cl)C(=O)CCCc1nc2ccccc2s1. The molecule has 1 heterocycles. The number of fused-ring (bicyclic) bond motifs is 1. The monoisotopic (exact) mass is 435 g/mol. The molecule has 3 rings (SSSR count). The molecule has 0 spiro atoms. The van der Waals surface area contributed by atoms with Crippen LogP contribution < -0.4 is 5.32 Å².